The highest BCUT2D eigenvalue weighted by Gasteiger charge is 2.19. The van der Waals surface area contributed by atoms with E-state index in [0.29, 0.717) is 19.3 Å². The van der Waals surface area contributed by atoms with Gasteiger partial charge in [0.2, 0.25) is 0 Å². The summed E-state index contributed by atoms with van der Waals surface area (Å²) in [5.41, 5.74) is 0. The van der Waals surface area contributed by atoms with E-state index in [1.165, 1.54) is 12.8 Å². The van der Waals surface area contributed by atoms with Crippen LogP contribution in [0.4, 0.5) is 0 Å². The first-order chi connectivity index (χ1) is 34.0. The van der Waals surface area contributed by atoms with Crippen LogP contribution < -0.4 is 0 Å². The summed E-state index contributed by atoms with van der Waals surface area (Å²) in [4.78, 5) is 38.1. The smallest absolute Gasteiger partial charge is 0.306 e. The van der Waals surface area contributed by atoms with E-state index in [-0.39, 0.29) is 31.6 Å². The van der Waals surface area contributed by atoms with Gasteiger partial charge in [0.05, 0.1) is 0 Å². The van der Waals surface area contributed by atoms with E-state index in [9.17, 15) is 14.4 Å². The van der Waals surface area contributed by atoms with Crippen LogP contribution in [0.3, 0.4) is 0 Å². The van der Waals surface area contributed by atoms with Crippen LogP contribution in [-0.4, -0.2) is 37.2 Å². The number of hydrogen-bond donors (Lipinski definition) is 0. The Hall–Kier alpha value is -4.97. The maximum atomic E-state index is 12.8. The molecule has 0 aliphatic heterocycles. The first-order valence-electron chi connectivity index (χ1n) is 27.0. The molecule has 0 fully saturated rings. The van der Waals surface area contributed by atoms with Gasteiger partial charge in [0.25, 0.3) is 0 Å². The summed E-state index contributed by atoms with van der Waals surface area (Å²) < 4.78 is 16.7. The van der Waals surface area contributed by atoms with Gasteiger partial charge in [-0.1, -0.05) is 211 Å². The number of rotatable bonds is 46. The van der Waals surface area contributed by atoms with Crippen molar-refractivity contribution >= 4 is 17.9 Å². The average Bonchev–Trinajstić information content (AvgIpc) is 3.35. The van der Waals surface area contributed by atoms with Crippen molar-refractivity contribution < 1.29 is 28.6 Å². The van der Waals surface area contributed by atoms with Gasteiger partial charge in [-0.15, -0.1) is 0 Å². The second-order valence-electron chi connectivity index (χ2n) is 17.0. The summed E-state index contributed by atoms with van der Waals surface area (Å²) in [6, 6.07) is 0. The zero-order chi connectivity index (χ0) is 50.0. The van der Waals surface area contributed by atoms with Crippen molar-refractivity contribution in [1.29, 1.82) is 0 Å². The Bertz CT molecular complexity index is 1610. The molecule has 0 N–H and O–H groups in total. The van der Waals surface area contributed by atoms with Gasteiger partial charge in [-0.3, -0.25) is 14.4 Å². The molecule has 384 valence electrons. The van der Waals surface area contributed by atoms with Crippen LogP contribution in [0.5, 0.6) is 0 Å². The Kier molecular flexibility index (Phi) is 51.6. The Morgan fingerprint density at radius 2 is 0.551 bits per heavy atom. The SMILES string of the molecule is CC/C=C\C/C=C\C/C=C\C/C=C\C/C=C\CCC(=O)OC(COC(=O)CCCCC/C=C\C/C=C\C/C=C\C/C=C\CC)COC(=O)CCCCCCCC/C=C\C/C=C\C/C=C\C/C=C\CC. The molecule has 0 saturated heterocycles. The van der Waals surface area contributed by atoms with E-state index in [1.807, 2.05) is 12.2 Å². The van der Waals surface area contributed by atoms with Crippen LogP contribution in [0.25, 0.3) is 0 Å². The molecule has 0 aromatic heterocycles. The fourth-order valence-corrected chi connectivity index (χ4v) is 6.59. The molecule has 0 radical (unpaired) electrons. The summed E-state index contributed by atoms with van der Waals surface area (Å²) >= 11 is 0. The lowest BCUT2D eigenvalue weighted by atomic mass is 10.1. The molecule has 0 aliphatic carbocycles. The number of hydrogen-bond acceptors (Lipinski definition) is 6. The summed E-state index contributed by atoms with van der Waals surface area (Å²) in [6.07, 6.45) is 81.0. The molecular formula is C63H96O6. The summed E-state index contributed by atoms with van der Waals surface area (Å²) in [6.45, 7) is 6.17. The normalized spacial score (nSPS) is 13.4. The van der Waals surface area contributed by atoms with E-state index >= 15 is 0 Å². The van der Waals surface area contributed by atoms with Crippen molar-refractivity contribution in [2.75, 3.05) is 13.2 Å². The number of allylic oxidation sites excluding steroid dienone is 26. The molecule has 6 nitrogen and oxygen atoms in total. The lowest BCUT2D eigenvalue weighted by Gasteiger charge is -2.18. The molecule has 1 unspecified atom stereocenters. The number of unbranched alkanes of at least 4 members (excludes halogenated alkanes) is 9. The standard InChI is InChI=1S/C63H96O6/c1-4-7-10-13-16-19-22-25-28-31-32-33-36-38-41-44-47-50-53-56-62(65)68-59-60(69-63(66)57-54-51-48-45-42-39-35-30-27-24-21-18-15-12-9-6-3)58-67-61(64)55-52-49-46-43-40-37-34-29-26-23-20-17-14-11-8-5-2/h7-12,16-21,25-30,32-33,37,39-40,42,48,51,60H,4-6,13-15,22-24,31,34-36,38,41,43-47,49-50,52-59H2,1-3H3/b10-7-,11-8-,12-9-,19-16-,20-17-,21-18-,28-25-,29-26-,30-27-,33-32-,40-37-,42-39-,51-48-. The number of ether oxygens (including phenoxy) is 3. The van der Waals surface area contributed by atoms with Gasteiger partial charge < -0.3 is 14.2 Å². The average molecular weight is 949 g/mol. The van der Waals surface area contributed by atoms with E-state index in [1.54, 1.807) is 0 Å². The predicted octanol–water partition coefficient (Wildman–Crippen LogP) is 18.2. The van der Waals surface area contributed by atoms with Crippen LogP contribution in [0.1, 0.15) is 201 Å². The Morgan fingerprint density at radius 3 is 0.884 bits per heavy atom. The van der Waals surface area contributed by atoms with Crippen molar-refractivity contribution in [1.82, 2.24) is 0 Å². The van der Waals surface area contributed by atoms with Gasteiger partial charge >= 0.3 is 17.9 Å². The molecule has 69 heavy (non-hydrogen) atoms. The van der Waals surface area contributed by atoms with Crippen LogP contribution in [-0.2, 0) is 28.6 Å². The predicted molar refractivity (Wildman–Crippen MR) is 297 cm³/mol. The van der Waals surface area contributed by atoms with Crippen LogP contribution in [0, 0.1) is 0 Å². The van der Waals surface area contributed by atoms with Gasteiger partial charge in [-0.05, 0) is 128 Å². The Morgan fingerprint density at radius 1 is 0.290 bits per heavy atom. The highest BCUT2D eigenvalue weighted by molar-refractivity contribution is 5.71. The fraction of sp³-hybridized carbons (Fsp3) is 0.540. The maximum Gasteiger partial charge on any atom is 0.306 e. The quantitative estimate of drug-likeness (QED) is 0.0262. The minimum absolute atomic E-state index is 0.133. The van der Waals surface area contributed by atoms with Crippen molar-refractivity contribution in [3.63, 3.8) is 0 Å². The zero-order valence-corrected chi connectivity index (χ0v) is 43.8. The minimum Gasteiger partial charge on any atom is -0.462 e. The molecule has 0 saturated carbocycles. The molecule has 0 aliphatic rings. The molecule has 0 heterocycles. The summed E-state index contributed by atoms with van der Waals surface area (Å²) in [5.74, 6) is -1.07. The molecule has 0 aromatic rings. The first kappa shape index (κ1) is 64.0. The van der Waals surface area contributed by atoms with Crippen molar-refractivity contribution in [2.45, 2.75) is 207 Å². The zero-order valence-electron chi connectivity index (χ0n) is 43.8. The Labute approximate surface area is 422 Å². The molecule has 0 rings (SSSR count). The van der Waals surface area contributed by atoms with E-state index in [0.717, 1.165) is 141 Å². The monoisotopic (exact) mass is 949 g/mol. The maximum absolute atomic E-state index is 12.8. The number of carbonyl (C=O) groups is 3. The summed E-state index contributed by atoms with van der Waals surface area (Å²) in [5, 5.41) is 0. The minimum atomic E-state index is -0.845. The summed E-state index contributed by atoms with van der Waals surface area (Å²) in [7, 11) is 0. The van der Waals surface area contributed by atoms with Gasteiger partial charge in [-0.25, -0.2) is 0 Å². The lowest BCUT2D eigenvalue weighted by Crippen LogP contribution is -2.30. The molecule has 6 heteroatoms. The first-order valence-corrected chi connectivity index (χ1v) is 27.0. The molecule has 0 aromatic carbocycles. The molecule has 0 spiro atoms. The van der Waals surface area contributed by atoms with Gasteiger partial charge in [0, 0.05) is 19.3 Å². The highest BCUT2D eigenvalue weighted by atomic mass is 16.6. The van der Waals surface area contributed by atoms with E-state index in [2.05, 4.69) is 167 Å². The van der Waals surface area contributed by atoms with Crippen LogP contribution in [0.15, 0.2) is 158 Å². The van der Waals surface area contributed by atoms with Crippen LogP contribution >= 0.6 is 0 Å². The fourth-order valence-electron chi connectivity index (χ4n) is 6.59. The van der Waals surface area contributed by atoms with Gasteiger partial charge in [0.1, 0.15) is 13.2 Å². The second kappa shape index (κ2) is 55.6. The topological polar surface area (TPSA) is 78.9 Å². The van der Waals surface area contributed by atoms with E-state index < -0.39 is 12.1 Å². The molecular weight excluding hydrogens is 853 g/mol. The third-order valence-corrected chi connectivity index (χ3v) is 10.5. The third-order valence-electron chi connectivity index (χ3n) is 10.5. The van der Waals surface area contributed by atoms with Gasteiger partial charge in [0.15, 0.2) is 6.10 Å². The van der Waals surface area contributed by atoms with Gasteiger partial charge in [-0.2, -0.15) is 0 Å². The van der Waals surface area contributed by atoms with Crippen molar-refractivity contribution in [3.05, 3.63) is 158 Å². The van der Waals surface area contributed by atoms with Crippen LogP contribution in [0.2, 0.25) is 0 Å². The number of esters is 3. The largest absolute Gasteiger partial charge is 0.462 e. The number of carbonyl (C=O) groups excluding carboxylic acids is 3. The van der Waals surface area contributed by atoms with E-state index in [4.69, 9.17) is 14.2 Å². The van der Waals surface area contributed by atoms with Crippen molar-refractivity contribution in [3.8, 4) is 0 Å². The third kappa shape index (κ3) is 53.8. The Balaban J connectivity index is 4.60. The molecule has 1 atom stereocenters. The molecule has 0 amide bonds. The highest BCUT2D eigenvalue weighted by Crippen LogP contribution is 2.12. The lowest BCUT2D eigenvalue weighted by molar-refractivity contribution is -0.166. The second-order valence-corrected chi connectivity index (χ2v) is 17.0. The molecule has 0 bridgehead atoms. The van der Waals surface area contributed by atoms with Crippen molar-refractivity contribution in [2.24, 2.45) is 0 Å².